The number of halogens is 3. The number of carbonyl (C=O) groups excluding carboxylic acids is 1. The van der Waals surface area contributed by atoms with Gasteiger partial charge in [-0.3, -0.25) is 4.79 Å². The van der Waals surface area contributed by atoms with Crippen LogP contribution in [0.15, 0.2) is 24.3 Å². The maximum atomic E-state index is 12.3. The van der Waals surface area contributed by atoms with Crippen molar-refractivity contribution in [2.75, 3.05) is 0 Å². The van der Waals surface area contributed by atoms with E-state index in [9.17, 15) is 18.0 Å². The van der Waals surface area contributed by atoms with E-state index in [2.05, 4.69) is 0 Å². The van der Waals surface area contributed by atoms with E-state index in [1.54, 1.807) is 6.07 Å². The van der Waals surface area contributed by atoms with Gasteiger partial charge in [0.25, 0.3) is 0 Å². The molecule has 5 heteroatoms. The lowest BCUT2D eigenvalue weighted by Crippen LogP contribution is -2.11. The van der Waals surface area contributed by atoms with Gasteiger partial charge in [-0.2, -0.15) is 18.4 Å². The van der Waals surface area contributed by atoms with E-state index in [0.29, 0.717) is 0 Å². The van der Waals surface area contributed by atoms with Gasteiger partial charge in [0.2, 0.25) is 0 Å². The molecule has 84 valence electrons. The molecule has 1 atom stereocenters. The summed E-state index contributed by atoms with van der Waals surface area (Å²) in [5.41, 5.74) is -0.979. The molecule has 0 fully saturated rings. The van der Waals surface area contributed by atoms with Crippen LogP contribution in [0.2, 0.25) is 0 Å². The predicted octanol–water partition coefficient (Wildman–Crippen LogP) is 3.05. The SMILES string of the molecule is CC(C#N)C(=O)c1cccc(C(F)(F)F)c1. The number of rotatable bonds is 2. The molecule has 1 rings (SSSR count). The molecular weight excluding hydrogens is 219 g/mol. The van der Waals surface area contributed by atoms with Crippen LogP contribution in [-0.2, 0) is 6.18 Å². The topological polar surface area (TPSA) is 40.9 Å². The van der Waals surface area contributed by atoms with Crippen molar-refractivity contribution in [2.24, 2.45) is 5.92 Å². The van der Waals surface area contributed by atoms with Crippen LogP contribution in [0.25, 0.3) is 0 Å². The Morgan fingerprint density at radius 2 is 2.06 bits per heavy atom. The lowest BCUT2D eigenvalue weighted by atomic mass is 9.99. The van der Waals surface area contributed by atoms with E-state index < -0.39 is 23.4 Å². The third-order valence-electron chi connectivity index (χ3n) is 2.06. The Labute approximate surface area is 90.3 Å². The molecule has 1 unspecified atom stereocenters. The van der Waals surface area contributed by atoms with Crippen molar-refractivity contribution in [2.45, 2.75) is 13.1 Å². The molecule has 0 heterocycles. The molecular formula is C11H8F3NO. The summed E-state index contributed by atoms with van der Waals surface area (Å²) in [4.78, 5) is 11.5. The molecule has 0 radical (unpaired) electrons. The molecule has 0 aliphatic carbocycles. The summed E-state index contributed by atoms with van der Waals surface area (Å²) in [7, 11) is 0. The van der Waals surface area contributed by atoms with Crippen LogP contribution in [0.3, 0.4) is 0 Å². The monoisotopic (exact) mass is 227 g/mol. The van der Waals surface area contributed by atoms with E-state index >= 15 is 0 Å². The standard InChI is InChI=1S/C11H8F3NO/c1-7(6-15)10(16)8-3-2-4-9(5-8)11(12,13)14/h2-5,7H,1H3. The summed E-state index contributed by atoms with van der Waals surface area (Å²) in [5, 5.41) is 8.50. The number of benzene rings is 1. The summed E-state index contributed by atoms with van der Waals surface area (Å²) in [5.74, 6) is -1.54. The molecule has 0 aliphatic rings. The Balaban J connectivity index is 3.10. The van der Waals surface area contributed by atoms with Gasteiger partial charge >= 0.3 is 6.18 Å². The smallest absolute Gasteiger partial charge is 0.293 e. The fraction of sp³-hybridized carbons (Fsp3) is 0.273. The van der Waals surface area contributed by atoms with E-state index in [1.165, 1.54) is 13.0 Å². The quantitative estimate of drug-likeness (QED) is 0.728. The van der Waals surface area contributed by atoms with Gasteiger partial charge < -0.3 is 0 Å². The molecule has 1 aromatic carbocycles. The van der Waals surface area contributed by atoms with Crippen LogP contribution >= 0.6 is 0 Å². The number of nitriles is 1. The Kier molecular flexibility index (Phi) is 3.33. The lowest BCUT2D eigenvalue weighted by Gasteiger charge is -2.08. The highest BCUT2D eigenvalue weighted by atomic mass is 19.4. The lowest BCUT2D eigenvalue weighted by molar-refractivity contribution is -0.137. The minimum atomic E-state index is -4.48. The zero-order valence-electron chi connectivity index (χ0n) is 8.38. The number of nitrogens with zero attached hydrogens (tertiary/aromatic N) is 1. The van der Waals surface area contributed by atoms with E-state index in [0.717, 1.165) is 18.2 Å². The normalized spacial score (nSPS) is 12.9. The van der Waals surface area contributed by atoms with E-state index in [4.69, 9.17) is 5.26 Å². The van der Waals surface area contributed by atoms with Crippen LogP contribution in [0.1, 0.15) is 22.8 Å². The molecule has 0 amide bonds. The molecule has 0 bridgehead atoms. The maximum Gasteiger partial charge on any atom is 0.416 e. The summed E-state index contributed by atoms with van der Waals surface area (Å²) < 4.78 is 37.0. The number of hydrogen-bond acceptors (Lipinski definition) is 2. The molecule has 0 aromatic heterocycles. The van der Waals surface area contributed by atoms with Gasteiger partial charge in [0.15, 0.2) is 5.78 Å². The molecule has 0 N–H and O–H groups in total. The Bertz CT molecular complexity index is 445. The van der Waals surface area contributed by atoms with Gasteiger partial charge in [-0.15, -0.1) is 0 Å². The molecule has 16 heavy (non-hydrogen) atoms. The summed E-state index contributed by atoms with van der Waals surface area (Å²) in [6.45, 7) is 1.35. The number of ketones is 1. The largest absolute Gasteiger partial charge is 0.416 e. The van der Waals surface area contributed by atoms with Crippen LogP contribution in [0, 0.1) is 17.2 Å². The first-order chi connectivity index (χ1) is 7.36. The second-order valence-corrected chi connectivity index (χ2v) is 3.29. The first-order valence-corrected chi connectivity index (χ1v) is 4.47. The van der Waals surface area contributed by atoms with Crippen LogP contribution in [-0.4, -0.2) is 5.78 Å². The van der Waals surface area contributed by atoms with E-state index in [-0.39, 0.29) is 5.56 Å². The van der Waals surface area contributed by atoms with Gasteiger partial charge in [0.1, 0.15) is 5.92 Å². The van der Waals surface area contributed by atoms with Crippen molar-refractivity contribution in [3.05, 3.63) is 35.4 Å². The maximum absolute atomic E-state index is 12.3. The van der Waals surface area contributed by atoms with Crippen LogP contribution in [0.4, 0.5) is 13.2 Å². The number of hydrogen-bond donors (Lipinski definition) is 0. The molecule has 1 aromatic rings. The van der Waals surface area contributed by atoms with Gasteiger partial charge in [-0.1, -0.05) is 12.1 Å². The molecule has 0 saturated carbocycles. The number of Topliss-reactive ketones (excluding diaryl/α,β-unsaturated/α-hetero) is 1. The van der Waals surface area contributed by atoms with Gasteiger partial charge in [0, 0.05) is 5.56 Å². The Morgan fingerprint density at radius 3 is 2.56 bits per heavy atom. The zero-order chi connectivity index (χ0) is 12.3. The van der Waals surface area contributed by atoms with Crippen molar-refractivity contribution in [1.82, 2.24) is 0 Å². The first kappa shape index (κ1) is 12.2. The molecule has 2 nitrogen and oxygen atoms in total. The summed E-state index contributed by atoms with van der Waals surface area (Å²) in [6.07, 6.45) is -4.48. The average Bonchev–Trinajstić information content (AvgIpc) is 2.26. The molecule has 0 spiro atoms. The average molecular weight is 227 g/mol. The Morgan fingerprint density at radius 1 is 1.44 bits per heavy atom. The van der Waals surface area contributed by atoms with Crippen LogP contribution < -0.4 is 0 Å². The van der Waals surface area contributed by atoms with Crippen molar-refractivity contribution in [3.63, 3.8) is 0 Å². The highest BCUT2D eigenvalue weighted by Crippen LogP contribution is 2.29. The Hall–Kier alpha value is -1.83. The molecule has 0 aliphatic heterocycles. The van der Waals surface area contributed by atoms with Gasteiger partial charge in [-0.05, 0) is 19.1 Å². The third-order valence-corrected chi connectivity index (χ3v) is 2.06. The van der Waals surface area contributed by atoms with Gasteiger partial charge in [0.05, 0.1) is 11.6 Å². The number of alkyl halides is 3. The summed E-state index contributed by atoms with van der Waals surface area (Å²) in [6, 6.07) is 5.76. The highest BCUT2D eigenvalue weighted by molar-refractivity contribution is 5.99. The first-order valence-electron chi connectivity index (χ1n) is 4.47. The van der Waals surface area contributed by atoms with E-state index in [1.807, 2.05) is 0 Å². The van der Waals surface area contributed by atoms with Crippen molar-refractivity contribution >= 4 is 5.78 Å². The fourth-order valence-corrected chi connectivity index (χ4v) is 1.16. The van der Waals surface area contributed by atoms with Crippen molar-refractivity contribution in [1.29, 1.82) is 5.26 Å². The minimum Gasteiger partial charge on any atom is -0.293 e. The predicted molar refractivity (Wildman–Crippen MR) is 50.6 cm³/mol. The minimum absolute atomic E-state index is 0.0936. The van der Waals surface area contributed by atoms with Crippen molar-refractivity contribution < 1.29 is 18.0 Å². The van der Waals surface area contributed by atoms with Gasteiger partial charge in [-0.25, -0.2) is 0 Å². The van der Waals surface area contributed by atoms with Crippen molar-refractivity contribution in [3.8, 4) is 6.07 Å². The third kappa shape index (κ3) is 2.60. The second-order valence-electron chi connectivity index (χ2n) is 3.29. The highest BCUT2D eigenvalue weighted by Gasteiger charge is 2.31. The fourth-order valence-electron chi connectivity index (χ4n) is 1.16. The number of carbonyl (C=O) groups is 1. The molecule has 0 saturated heterocycles. The van der Waals surface area contributed by atoms with Crippen LogP contribution in [0.5, 0.6) is 0 Å². The second kappa shape index (κ2) is 4.35. The summed E-state index contributed by atoms with van der Waals surface area (Å²) >= 11 is 0. The zero-order valence-corrected chi connectivity index (χ0v) is 8.38.